The zero-order valence-electron chi connectivity index (χ0n) is 11.4. The molecule has 1 fully saturated rings. The van der Waals surface area contributed by atoms with Gasteiger partial charge in [-0.15, -0.1) is 0 Å². The minimum Gasteiger partial charge on any atom is -0.334 e. The molecule has 0 spiro atoms. The maximum Gasteiger partial charge on any atom is 0.262 e. The van der Waals surface area contributed by atoms with E-state index >= 15 is 0 Å². The summed E-state index contributed by atoms with van der Waals surface area (Å²) in [4.78, 5) is 8.85. The number of nitrogens with one attached hydrogen (secondary N) is 1. The molecule has 2 aromatic rings. The van der Waals surface area contributed by atoms with Gasteiger partial charge in [-0.2, -0.15) is 15.3 Å². The maximum absolute atomic E-state index is 8.97. The zero-order valence-corrected chi connectivity index (χ0v) is 11.4. The molecule has 0 aromatic carbocycles. The number of hydrogen-bond acceptors (Lipinski definition) is 7. The van der Waals surface area contributed by atoms with E-state index in [9.17, 15) is 0 Å². The van der Waals surface area contributed by atoms with E-state index < -0.39 is 0 Å². The summed E-state index contributed by atoms with van der Waals surface area (Å²) in [6, 6.07) is 2.11. The normalized spacial score (nSPS) is 20.9. The Morgan fingerprint density at radius 1 is 1.45 bits per heavy atom. The van der Waals surface area contributed by atoms with E-state index in [2.05, 4.69) is 37.2 Å². The second-order valence-electron chi connectivity index (χ2n) is 4.99. The third-order valence-electron chi connectivity index (χ3n) is 3.57. The smallest absolute Gasteiger partial charge is 0.262 e. The van der Waals surface area contributed by atoms with Crippen molar-refractivity contribution >= 4 is 0 Å². The van der Waals surface area contributed by atoms with Crippen molar-refractivity contribution in [3.63, 3.8) is 0 Å². The van der Waals surface area contributed by atoms with Crippen LogP contribution < -0.4 is 0 Å². The SMILES string of the molecule is CN1CCN(C)C(c2noc(-c3cn[nH]c3C#N)n2)C1. The van der Waals surface area contributed by atoms with Crippen molar-refractivity contribution in [1.82, 2.24) is 30.1 Å². The van der Waals surface area contributed by atoms with Crippen molar-refractivity contribution in [2.75, 3.05) is 33.7 Å². The number of likely N-dealkylation sites (N-methyl/N-ethyl adjacent to an activating group) is 2. The number of nitriles is 1. The van der Waals surface area contributed by atoms with E-state index in [-0.39, 0.29) is 6.04 Å². The highest BCUT2D eigenvalue weighted by Gasteiger charge is 2.28. The van der Waals surface area contributed by atoms with Crippen molar-refractivity contribution in [2.45, 2.75) is 6.04 Å². The predicted octanol–water partition coefficient (Wildman–Crippen LogP) is 0.250. The van der Waals surface area contributed by atoms with E-state index in [0.717, 1.165) is 19.6 Å². The summed E-state index contributed by atoms with van der Waals surface area (Å²) >= 11 is 0. The monoisotopic (exact) mass is 273 g/mol. The van der Waals surface area contributed by atoms with Crippen molar-refractivity contribution in [3.8, 4) is 17.5 Å². The van der Waals surface area contributed by atoms with Crippen molar-refractivity contribution in [3.05, 3.63) is 17.7 Å². The van der Waals surface area contributed by atoms with Gasteiger partial charge in [0.2, 0.25) is 0 Å². The summed E-state index contributed by atoms with van der Waals surface area (Å²) in [7, 11) is 4.12. The number of aromatic amines is 1. The molecule has 1 saturated heterocycles. The molecule has 1 N–H and O–H groups in total. The number of hydrogen-bond donors (Lipinski definition) is 1. The van der Waals surface area contributed by atoms with Crippen LogP contribution in [0.15, 0.2) is 10.7 Å². The van der Waals surface area contributed by atoms with Crippen LogP contribution in [0.25, 0.3) is 11.5 Å². The van der Waals surface area contributed by atoms with Crippen LogP contribution in [0.4, 0.5) is 0 Å². The first-order chi connectivity index (χ1) is 9.69. The maximum atomic E-state index is 8.97. The molecule has 0 amide bonds. The summed E-state index contributed by atoms with van der Waals surface area (Å²) in [6.45, 7) is 2.84. The van der Waals surface area contributed by atoms with E-state index in [4.69, 9.17) is 9.78 Å². The summed E-state index contributed by atoms with van der Waals surface area (Å²) in [5.74, 6) is 0.964. The number of piperazine rings is 1. The first-order valence-electron chi connectivity index (χ1n) is 6.35. The summed E-state index contributed by atoms with van der Waals surface area (Å²) in [5, 5.41) is 19.5. The molecule has 1 unspecified atom stereocenters. The van der Waals surface area contributed by atoms with Crippen LogP contribution in [0, 0.1) is 11.3 Å². The first kappa shape index (κ1) is 12.8. The molecule has 0 radical (unpaired) electrons. The van der Waals surface area contributed by atoms with E-state index in [1.165, 1.54) is 6.20 Å². The highest BCUT2D eigenvalue weighted by atomic mass is 16.5. The Morgan fingerprint density at radius 2 is 2.30 bits per heavy atom. The van der Waals surface area contributed by atoms with Gasteiger partial charge >= 0.3 is 0 Å². The van der Waals surface area contributed by atoms with Crippen LogP contribution in [0.3, 0.4) is 0 Å². The predicted molar refractivity (Wildman–Crippen MR) is 69.5 cm³/mol. The number of rotatable bonds is 2. The summed E-state index contributed by atoms with van der Waals surface area (Å²) in [6.07, 6.45) is 1.52. The third kappa shape index (κ3) is 2.17. The Balaban J connectivity index is 1.89. The lowest BCUT2D eigenvalue weighted by molar-refractivity contribution is 0.108. The highest BCUT2D eigenvalue weighted by molar-refractivity contribution is 5.59. The Labute approximate surface area is 116 Å². The number of H-pyrrole nitrogens is 1. The van der Waals surface area contributed by atoms with Gasteiger partial charge in [-0.05, 0) is 14.1 Å². The van der Waals surface area contributed by atoms with E-state index in [1.807, 2.05) is 13.1 Å². The minimum atomic E-state index is 0.101. The van der Waals surface area contributed by atoms with Crippen LogP contribution in [-0.4, -0.2) is 63.9 Å². The number of nitrogens with zero attached hydrogens (tertiary/aromatic N) is 6. The Morgan fingerprint density at radius 3 is 3.10 bits per heavy atom. The molecule has 104 valence electrons. The topological polar surface area (TPSA) is 97.9 Å². The van der Waals surface area contributed by atoms with Gasteiger partial charge in [-0.25, -0.2) is 0 Å². The quantitative estimate of drug-likeness (QED) is 0.837. The molecule has 0 bridgehead atoms. The van der Waals surface area contributed by atoms with E-state index in [1.54, 1.807) is 0 Å². The first-order valence-corrected chi connectivity index (χ1v) is 6.35. The standard InChI is InChI=1S/C12H15N7O/c1-18-3-4-19(2)10(7-18)11-15-12(20-17-11)8-6-14-16-9(8)5-13/h6,10H,3-4,7H2,1-2H3,(H,14,16). The molecule has 20 heavy (non-hydrogen) atoms. The fourth-order valence-electron chi connectivity index (χ4n) is 2.30. The Bertz CT molecular complexity index is 640. The second kappa shape index (κ2) is 5.03. The van der Waals surface area contributed by atoms with Crippen molar-refractivity contribution < 1.29 is 4.52 Å². The molecule has 8 nitrogen and oxygen atoms in total. The molecule has 1 aliphatic rings. The van der Waals surface area contributed by atoms with Gasteiger partial charge in [-0.1, -0.05) is 5.16 Å². The van der Waals surface area contributed by atoms with Gasteiger partial charge in [0.15, 0.2) is 5.82 Å². The van der Waals surface area contributed by atoms with Gasteiger partial charge in [-0.3, -0.25) is 10.00 Å². The Kier molecular flexibility index (Phi) is 3.22. The van der Waals surface area contributed by atoms with Crippen LogP contribution >= 0.6 is 0 Å². The lowest BCUT2D eigenvalue weighted by Gasteiger charge is -2.35. The molecule has 0 aliphatic carbocycles. The molecule has 1 atom stereocenters. The average molecular weight is 273 g/mol. The van der Waals surface area contributed by atoms with Gasteiger partial charge in [0.05, 0.1) is 17.8 Å². The lowest BCUT2D eigenvalue weighted by Crippen LogP contribution is -2.45. The van der Waals surface area contributed by atoms with E-state index in [0.29, 0.717) is 23.0 Å². The fourth-order valence-corrected chi connectivity index (χ4v) is 2.30. The highest BCUT2D eigenvalue weighted by Crippen LogP contribution is 2.25. The van der Waals surface area contributed by atoms with Crippen molar-refractivity contribution in [1.29, 1.82) is 5.26 Å². The Hall–Kier alpha value is -2.24. The molecular weight excluding hydrogens is 258 g/mol. The van der Waals surface area contributed by atoms with Gasteiger partial charge < -0.3 is 9.42 Å². The molecular formula is C12H15N7O. The third-order valence-corrected chi connectivity index (χ3v) is 3.57. The molecule has 8 heteroatoms. The zero-order chi connectivity index (χ0) is 14.1. The number of aromatic nitrogens is 4. The molecule has 3 heterocycles. The van der Waals surface area contributed by atoms with Crippen molar-refractivity contribution in [2.24, 2.45) is 0 Å². The molecule has 1 aliphatic heterocycles. The van der Waals surface area contributed by atoms with Crippen LogP contribution in [0.1, 0.15) is 17.6 Å². The molecule has 3 rings (SSSR count). The lowest BCUT2D eigenvalue weighted by atomic mass is 10.2. The van der Waals surface area contributed by atoms with Gasteiger partial charge in [0.1, 0.15) is 11.8 Å². The average Bonchev–Trinajstić information content (AvgIpc) is 3.08. The minimum absolute atomic E-state index is 0.101. The summed E-state index contributed by atoms with van der Waals surface area (Å²) in [5.41, 5.74) is 0.868. The van der Waals surface area contributed by atoms with Crippen LogP contribution in [0.5, 0.6) is 0 Å². The van der Waals surface area contributed by atoms with Gasteiger partial charge in [0.25, 0.3) is 5.89 Å². The molecule has 2 aromatic heterocycles. The summed E-state index contributed by atoms with van der Waals surface area (Å²) < 4.78 is 5.27. The van der Waals surface area contributed by atoms with Crippen LogP contribution in [-0.2, 0) is 0 Å². The largest absolute Gasteiger partial charge is 0.334 e. The second-order valence-corrected chi connectivity index (χ2v) is 4.99. The molecule has 0 saturated carbocycles. The fraction of sp³-hybridized carbons (Fsp3) is 0.500. The van der Waals surface area contributed by atoms with Gasteiger partial charge in [0, 0.05) is 19.6 Å². The van der Waals surface area contributed by atoms with Crippen LogP contribution in [0.2, 0.25) is 0 Å².